The molecule has 9 aromatic carbocycles. The van der Waals surface area contributed by atoms with Gasteiger partial charge in [0.2, 0.25) is 0 Å². The molecule has 9 aromatic rings. The lowest BCUT2D eigenvalue weighted by molar-refractivity contribution is 0.794. The van der Waals surface area contributed by atoms with Crippen molar-refractivity contribution in [1.29, 1.82) is 0 Å². The van der Waals surface area contributed by atoms with E-state index in [1.807, 2.05) is 0 Å². The van der Waals surface area contributed by atoms with Crippen molar-refractivity contribution < 1.29 is 0 Å². The zero-order chi connectivity index (χ0) is 37.3. The molecule has 0 saturated heterocycles. The largest absolute Gasteiger partial charge is 0.0725 e. The van der Waals surface area contributed by atoms with Crippen LogP contribution in [-0.2, 0) is 10.8 Å². The minimum Gasteiger partial charge on any atom is -0.0622 e. The zero-order valence-corrected chi connectivity index (χ0v) is 32.0. The Morgan fingerprint density at radius 3 is 0.789 bits per heavy atom. The zero-order valence-electron chi connectivity index (χ0n) is 31.2. The topological polar surface area (TPSA) is 0 Å². The van der Waals surface area contributed by atoms with Crippen molar-refractivity contribution in [2.24, 2.45) is 0 Å². The molecule has 57 heavy (non-hydrogen) atoms. The summed E-state index contributed by atoms with van der Waals surface area (Å²) in [7, 11) is -0.942. The maximum absolute atomic E-state index is 2.60. The Balaban J connectivity index is 1.08. The quantitative estimate of drug-likeness (QED) is 0.158. The van der Waals surface area contributed by atoms with Gasteiger partial charge < -0.3 is 0 Å². The van der Waals surface area contributed by atoms with Crippen LogP contribution in [0.5, 0.6) is 0 Å². The van der Waals surface area contributed by atoms with Crippen LogP contribution in [-0.4, -0.2) is 0 Å². The Hall–Kier alpha value is -6.59. The van der Waals surface area contributed by atoms with E-state index in [9.17, 15) is 0 Å². The SMILES string of the molecule is c1ccc(P(c2ccc3c(c2)C2(c4ccccc4-c4ccccc42)c2ccccc2-3)c2ccc3c(c2)C2(c4ccccc4-c4ccccc42)c2ccccc2-3)cc1. The monoisotopic (exact) mass is 738 g/mol. The van der Waals surface area contributed by atoms with E-state index in [0.29, 0.717) is 0 Å². The molecule has 0 aromatic heterocycles. The lowest BCUT2D eigenvalue weighted by Gasteiger charge is -2.32. The second kappa shape index (κ2) is 11.5. The molecule has 2 spiro atoms. The van der Waals surface area contributed by atoms with Crippen molar-refractivity contribution in [2.45, 2.75) is 10.8 Å². The summed E-state index contributed by atoms with van der Waals surface area (Å²) in [4.78, 5) is 0. The molecule has 13 rings (SSSR count). The Morgan fingerprint density at radius 1 is 0.211 bits per heavy atom. The van der Waals surface area contributed by atoms with Crippen molar-refractivity contribution in [1.82, 2.24) is 0 Å². The van der Waals surface area contributed by atoms with E-state index in [-0.39, 0.29) is 10.8 Å². The van der Waals surface area contributed by atoms with E-state index in [4.69, 9.17) is 0 Å². The van der Waals surface area contributed by atoms with Crippen LogP contribution >= 0.6 is 7.92 Å². The van der Waals surface area contributed by atoms with Crippen molar-refractivity contribution in [3.8, 4) is 44.5 Å². The van der Waals surface area contributed by atoms with Gasteiger partial charge in [-0.15, -0.1) is 0 Å². The maximum atomic E-state index is 2.60. The number of rotatable bonds is 3. The van der Waals surface area contributed by atoms with Crippen LogP contribution < -0.4 is 15.9 Å². The van der Waals surface area contributed by atoms with Crippen molar-refractivity contribution in [2.75, 3.05) is 0 Å². The molecule has 4 aliphatic rings. The standard InChI is InChI=1S/C56H35P/c1-2-16-36(17-3-1)57(37-30-32-45-43-22-8-14-28-51(43)55(53(45)34-37)47-24-10-4-18-39(47)40-19-5-11-25-48(40)55)38-31-33-46-44-23-9-15-29-52(44)56(54(46)35-38)49-26-12-6-20-41(49)42-21-7-13-27-50(42)56/h1-35H. The van der Waals surface area contributed by atoms with E-state index in [1.54, 1.807) is 0 Å². The molecule has 1 heteroatoms. The Bertz CT molecular complexity index is 2830. The van der Waals surface area contributed by atoms with Gasteiger partial charge in [-0.25, -0.2) is 0 Å². The summed E-state index contributed by atoms with van der Waals surface area (Å²) >= 11 is 0. The average Bonchev–Trinajstić information content (AvgIpc) is 3.96. The molecule has 0 unspecified atom stereocenters. The number of benzene rings is 9. The first-order chi connectivity index (χ1) is 28.3. The summed E-state index contributed by atoms with van der Waals surface area (Å²) in [6, 6.07) is 81.0. The van der Waals surface area contributed by atoms with Gasteiger partial charge in [0.1, 0.15) is 0 Å². The first-order valence-corrected chi connectivity index (χ1v) is 21.4. The van der Waals surface area contributed by atoms with Gasteiger partial charge >= 0.3 is 0 Å². The molecule has 0 fully saturated rings. The molecule has 0 atom stereocenters. The highest BCUT2D eigenvalue weighted by Gasteiger charge is 2.53. The summed E-state index contributed by atoms with van der Waals surface area (Å²) in [5, 5.41) is 4.11. The lowest BCUT2D eigenvalue weighted by Crippen LogP contribution is -2.29. The highest BCUT2D eigenvalue weighted by atomic mass is 31.1. The van der Waals surface area contributed by atoms with Crippen LogP contribution in [0.2, 0.25) is 0 Å². The minimum atomic E-state index is -0.942. The molecule has 0 N–H and O–H groups in total. The van der Waals surface area contributed by atoms with Gasteiger partial charge in [-0.3, -0.25) is 0 Å². The van der Waals surface area contributed by atoms with Crippen molar-refractivity contribution in [3.63, 3.8) is 0 Å². The molecule has 0 nitrogen and oxygen atoms in total. The Morgan fingerprint density at radius 2 is 0.474 bits per heavy atom. The van der Waals surface area contributed by atoms with Gasteiger partial charge in [-0.2, -0.15) is 0 Å². The summed E-state index contributed by atoms with van der Waals surface area (Å²) in [5.74, 6) is 0. The summed E-state index contributed by atoms with van der Waals surface area (Å²) in [6.45, 7) is 0. The van der Waals surface area contributed by atoms with E-state index in [0.717, 1.165) is 0 Å². The molecule has 0 heterocycles. The van der Waals surface area contributed by atoms with Gasteiger partial charge in [0.25, 0.3) is 0 Å². The number of hydrogen-bond donors (Lipinski definition) is 0. The normalized spacial score (nSPS) is 14.8. The Labute approximate surface area is 334 Å². The highest BCUT2D eigenvalue weighted by molar-refractivity contribution is 7.79. The number of hydrogen-bond acceptors (Lipinski definition) is 0. The third-order valence-corrected chi connectivity index (χ3v) is 15.9. The lowest BCUT2D eigenvalue weighted by atomic mass is 9.70. The molecule has 264 valence electrons. The van der Waals surface area contributed by atoms with E-state index in [1.165, 1.54) is 105 Å². The first kappa shape index (κ1) is 31.6. The fourth-order valence-electron chi connectivity index (χ4n) is 11.5. The molecule has 0 amide bonds. The molecule has 0 saturated carbocycles. The van der Waals surface area contributed by atoms with Crippen LogP contribution in [0.3, 0.4) is 0 Å². The molecular formula is C56H35P. The summed E-state index contributed by atoms with van der Waals surface area (Å²) in [6.07, 6.45) is 0. The highest BCUT2D eigenvalue weighted by Crippen LogP contribution is 2.64. The minimum absolute atomic E-state index is 0.381. The second-order valence-electron chi connectivity index (χ2n) is 15.9. The van der Waals surface area contributed by atoms with Crippen LogP contribution in [0.4, 0.5) is 0 Å². The predicted octanol–water partition coefficient (Wildman–Crippen LogP) is 12.1. The molecule has 0 radical (unpaired) electrons. The van der Waals surface area contributed by atoms with E-state index < -0.39 is 7.92 Å². The molecule has 0 bridgehead atoms. The summed E-state index contributed by atoms with van der Waals surface area (Å²) < 4.78 is 0. The third-order valence-electron chi connectivity index (χ3n) is 13.5. The third kappa shape index (κ3) is 3.87. The van der Waals surface area contributed by atoms with E-state index >= 15 is 0 Å². The smallest absolute Gasteiger partial charge is 0.0622 e. The van der Waals surface area contributed by atoms with Crippen LogP contribution in [0.15, 0.2) is 212 Å². The first-order valence-electron chi connectivity index (χ1n) is 20.0. The van der Waals surface area contributed by atoms with Gasteiger partial charge in [0.15, 0.2) is 0 Å². The van der Waals surface area contributed by atoms with Crippen molar-refractivity contribution >= 4 is 23.8 Å². The van der Waals surface area contributed by atoms with Crippen LogP contribution in [0.25, 0.3) is 44.5 Å². The average molecular weight is 739 g/mol. The number of fused-ring (bicyclic) bond motifs is 20. The van der Waals surface area contributed by atoms with Crippen molar-refractivity contribution in [3.05, 3.63) is 257 Å². The van der Waals surface area contributed by atoms with Gasteiger partial charge in [-0.05, 0) is 125 Å². The molecular weight excluding hydrogens is 704 g/mol. The molecule has 0 aliphatic heterocycles. The van der Waals surface area contributed by atoms with Gasteiger partial charge in [-0.1, -0.05) is 200 Å². The van der Waals surface area contributed by atoms with Crippen LogP contribution in [0.1, 0.15) is 44.5 Å². The summed E-state index contributed by atoms with van der Waals surface area (Å²) in [5.41, 5.74) is 21.0. The fraction of sp³-hybridized carbons (Fsp3) is 0.0357. The fourth-order valence-corrected chi connectivity index (χ4v) is 13.8. The Kier molecular flexibility index (Phi) is 6.37. The predicted molar refractivity (Wildman–Crippen MR) is 238 cm³/mol. The molecule has 4 aliphatic carbocycles. The maximum Gasteiger partial charge on any atom is 0.0725 e. The van der Waals surface area contributed by atoms with Crippen LogP contribution in [0, 0.1) is 0 Å². The van der Waals surface area contributed by atoms with Gasteiger partial charge in [0, 0.05) is 0 Å². The van der Waals surface area contributed by atoms with Gasteiger partial charge in [0.05, 0.1) is 10.8 Å². The van der Waals surface area contributed by atoms with E-state index in [2.05, 4.69) is 212 Å². The second-order valence-corrected chi connectivity index (χ2v) is 18.1.